The van der Waals surface area contributed by atoms with Crippen molar-refractivity contribution < 1.29 is 28.7 Å². The Bertz CT molecular complexity index is 1330. The Hall–Kier alpha value is -3.14. The number of piperidine rings is 1. The maximum Gasteiger partial charge on any atom is 0.325 e. The molecule has 2 saturated heterocycles. The lowest BCUT2D eigenvalue weighted by Gasteiger charge is -2.37. The molecule has 2 aromatic carbocycles. The quantitative estimate of drug-likeness (QED) is 0.162. The summed E-state index contributed by atoms with van der Waals surface area (Å²) in [4.78, 5) is 54.9. The van der Waals surface area contributed by atoms with E-state index in [2.05, 4.69) is 10.2 Å². The highest BCUT2D eigenvalue weighted by Crippen LogP contribution is 2.31. The van der Waals surface area contributed by atoms with Crippen LogP contribution in [0.2, 0.25) is 10.0 Å². The average Bonchev–Trinajstić information content (AvgIpc) is 3.21. The monoisotopic (exact) mass is 617 g/mol. The summed E-state index contributed by atoms with van der Waals surface area (Å²) in [5.41, 5.74) is 0.0629. The van der Waals surface area contributed by atoms with Crippen LogP contribution in [-0.4, -0.2) is 79.2 Å². The summed E-state index contributed by atoms with van der Waals surface area (Å²) in [6.45, 7) is 2.45. The zero-order chi connectivity index (χ0) is 30.3. The number of hydrogen-bond donors (Lipinski definition) is 1. The average molecular weight is 619 g/mol. The summed E-state index contributed by atoms with van der Waals surface area (Å²) < 4.78 is 10.5. The molecular formula is C31H37Cl2N3O6. The van der Waals surface area contributed by atoms with Crippen molar-refractivity contribution in [3.05, 3.63) is 57.6 Å². The summed E-state index contributed by atoms with van der Waals surface area (Å²) in [6.07, 6.45) is 4.36. The number of halogens is 2. The SMILES string of the molecule is COc1ccc(Cl)cc1C(=O)CCCCN1CCC2(CC1)NC(=O)N(CCCCC(=O)c1cc(Cl)ccc1OC)C2=O. The molecule has 2 aromatic rings. The first-order chi connectivity index (χ1) is 20.2. The lowest BCUT2D eigenvalue weighted by Crippen LogP contribution is -2.55. The molecule has 42 heavy (non-hydrogen) atoms. The van der Waals surface area contributed by atoms with Gasteiger partial charge in [0.15, 0.2) is 11.6 Å². The van der Waals surface area contributed by atoms with Crippen LogP contribution in [0.15, 0.2) is 36.4 Å². The maximum atomic E-state index is 13.3. The van der Waals surface area contributed by atoms with Gasteiger partial charge in [0.1, 0.15) is 17.0 Å². The van der Waals surface area contributed by atoms with E-state index in [1.54, 1.807) is 36.4 Å². The van der Waals surface area contributed by atoms with Gasteiger partial charge in [-0.2, -0.15) is 0 Å². The number of likely N-dealkylation sites (tertiary alicyclic amines) is 1. The highest BCUT2D eigenvalue weighted by atomic mass is 35.5. The molecule has 3 amide bonds. The third kappa shape index (κ3) is 7.43. The first kappa shape index (κ1) is 31.8. The Kier molecular flexibility index (Phi) is 10.9. The zero-order valence-electron chi connectivity index (χ0n) is 24.0. The minimum Gasteiger partial charge on any atom is -0.496 e. The fraction of sp³-hybridized carbons (Fsp3) is 0.484. The Morgan fingerprint density at radius 1 is 0.810 bits per heavy atom. The lowest BCUT2D eigenvalue weighted by molar-refractivity contribution is -0.133. The van der Waals surface area contributed by atoms with Crippen molar-refractivity contribution in [3.8, 4) is 11.5 Å². The first-order valence-corrected chi connectivity index (χ1v) is 15.0. The van der Waals surface area contributed by atoms with Gasteiger partial charge in [-0.05, 0) is 81.5 Å². The number of methoxy groups -OCH3 is 2. The van der Waals surface area contributed by atoms with E-state index in [0.717, 1.165) is 19.4 Å². The van der Waals surface area contributed by atoms with E-state index in [1.807, 2.05) is 0 Å². The second-order valence-electron chi connectivity index (χ2n) is 10.8. The fourth-order valence-electron chi connectivity index (χ4n) is 5.62. The first-order valence-electron chi connectivity index (χ1n) is 14.3. The number of carbonyl (C=O) groups is 4. The van der Waals surface area contributed by atoms with Crippen LogP contribution in [0, 0.1) is 0 Å². The van der Waals surface area contributed by atoms with E-state index in [1.165, 1.54) is 19.1 Å². The molecule has 11 heteroatoms. The van der Waals surface area contributed by atoms with Gasteiger partial charge in [0.05, 0.1) is 25.3 Å². The van der Waals surface area contributed by atoms with Crippen LogP contribution in [0.4, 0.5) is 4.79 Å². The molecule has 2 aliphatic heterocycles. The van der Waals surface area contributed by atoms with E-state index in [4.69, 9.17) is 32.7 Å². The molecule has 9 nitrogen and oxygen atoms in total. The number of nitrogens with zero attached hydrogens (tertiary/aromatic N) is 2. The van der Waals surface area contributed by atoms with Crippen LogP contribution in [0.1, 0.15) is 72.1 Å². The van der Waals surface area contributed by atoms with Crippen LogP contribution in [0.25, 0.3) is 0 Å². The molecule has 0 unspecified atom stereocenters. The molecule has 0 atom stereocenters. The number of amides is 3. The molecule has 0 radical (unpaired) electrons. The number of imide groups is 1. The molecule has 0 aliphatic carbocycles. The van der Waals surface area contributed by atoms with Crippen LogP contribution in [-0.2, 0) is 4.79 Å². The van der Waals surface area contributed by atoms with Crippen LogP contribution < -0.4 is 14.8 Å². The van der Waals surface area contributed by atoms with E-state index < -0.39 is 5.54 Å². The minimum absolute atomic E-state index is 0.000131. The van der Waals surface area contributed by atoms with Crippen molar-refractivity contribution in [3.63, 3.8) is 0 Å². The summed E-state index contributed by atoms with van der Waals surface area (Å²) in [5.74, 6) is 0.716. The normalized spacial score (nSPS) is 16.5. The number of ether oxygens (including phenoxy) is 2. The van der Waals surface area contributed by atoms with Crippen molar-refractivity contribution in [1.82, 2.24) is 15.1 Å². The van der Waals surface area contributed by atoms with Crippen molar-refractivity contribution >= 4 is 46.7 Å². The number of Topliss-reactive ketones (excluding diaryl/α,β-unsaturated/α-hetero) is 2. The molecule has 0 aromatic heterocycles. The molecule has 2 heterocycles. The molecule has 1 spiro atoms. The highest BCUT2D eigenvalue weighted by Gasteiger charge is 2.51. The molecule has 4 rings (SSSR count). The van der Waals surface area contributed by atoms with Crippen molar-refractivity contribution in [2.45, 2.75) is 56.9 Å². The van der Waals surface area contributed by atoms with Gasteiger partial charge in [0, 0.05) is 42.5 Å². The van der Waals surface area contributed by atoms with E-state index in [9.17, 15) is 19.2 Å². The van der Waals surface area contributed by atoms with E-state index in [0.29, 0.717) is 77.9 Å². The summed E-state index contributed by atoms with van der Waals surface area (Å²) in [6, 6.07) is 9.58. The van der Waals surface area contributed by atoms with Crippen molar-refractivity contribution in [2.24, 2.45) is 0 Å². The smallest absolute Gasteiger partial charge is 0.325 e. The van der Waals surface area contributed by atoms with Gasteiger partial charge in [0.25, 0.3) is 5.91 Å². The van der Waals surface area contributed by atoms with E-state index in [-0.39, 0.29) is 36.5 Å². The number of urea groups is 1. The van der Waals surface area contributed by atoms with Crippen molar-refractivity contribution in [2.75, 3.05) is 40.4 Å². The summed E-state index contributed by atoms with van der Waals surface area (Å²) >= 11 is 12.1. The molecule has 226 valence electrons. The Morgan fingerprint density at radius 3 is 1.81 bits per heavy atom. The van der Waals surface area contributed by atoms with E-state index >= 15 is 0 Å². The third-order valence-electron chi connectivity index (χ3n) is 8.04. The molecule has 0 saturated carbocycles. The molecular weight excluding hydrogens is 581 g/mol. The second kappa shape index (κ2) is 14.4. The predicted octanol–water partition coefficient (Wildman–Crippen LogP) is 5.80. The number of ketones is 2. The van der Waals surface area contributed by atoms with Gasteiger partial charge in [-0.1, -0.05) is 23.2 Å². The second-order valence-corrected chi connectivity index (χ2v) is 11.6. The molecule has 2 fully saturated rings. The minimum atomic E-state index is -0.864. The van der Waals surface area contributed by atoms with Crippen molar-refractivity contribution in [1.29, 1.82) is 0 Å². The molecule has 1 N–H and O–H groups in total. The third-order valence-corrected chi connectivity index (χ3v) is 8.51. The van der Waals surface area contributed by atoms with Gasteiger partial charge < -0.3 is 19.7 Å². The van der Waals surface area contributed by atoms with Gasteiger partial charge in [-0.15, -0.1) is 0 Å². The number of rotatable bonds is 14. The lowest BCUT2D eigenvalue weighted by atomic mass is 9.87. The number of unbranched alkanes of at least 4 members (excludes halogenated alkanes) is 2. The Balaban J connectivity index is 1.18. The van der Waals surface area contributed by atoms with Gasteiger partial charge in [0.2, 0.25) is 0 Å². The standard InChI is InChI=1S/C31H37Cl2N3O6/c1-41-27-11-9-21(32)19-23(27)25(37)7-3-5-15-35-17-13-31(14-18-35)29(39)36(30(40)34-31)16-6-4-8-26(38)24-20-22(33)10-12-28(24)42-2/h9-12,19-20H,3-8,13-18H2,1-2H3,(H,34,40). The van der Waals surface area contributed by atoms with Gasteiger partial charge in [-0.25, -0.2) is 4.79 Å². The Morgan fingerprint density at radius 2 is 1.31 bits per heavy atom. The summed E-state index contributed by atoms with van der Waals surface area (Å²) in [7, 11) is 3.03. The molecule has 2 aliphatic rings. The number of nitrogens with one attached hydrogen (secondary N) is 1. The largest absolute Gasteiger partial charge is 0.496 e. The Labute approximate surface area is 256 Å². The predicted molar refractivity (Wildman–Crippen MR) is 161 cm³/mol. The van der Waals surface area contributed by atoms with Gasteiger partial charge >= 0.3 is 6.03 Å². The number of benzene rings is 2. The fourth-order valence-corrected chi connectivity index (χ4v) is 5.96. The van der Waals surface area contributed by atoms with Gasteiger partial charge in [-0.3, -0.25) is 19.3 Å². The van der Waals surface area contributed by atoms with Crippen LogP contribution in [0.5, 0.6) is 11.5 Å². The summed E-state index contributed by atoms with van der Waals surface area (Å²) in [5, 5.41) is 3.90. The van der Waals surface area contributed by atoms with Crippen LogP contribution in [0.3, 0.4) is 0 Å². The zero-order valence-corrected chi connectivity index (χ0v) is 25.6. The maximum absolute atomic E-state index is 13.3. The molecule has 0 bridgehead atoms. The highest BCUT2D eigenvalue weighted by molar-refractivity contribution is 6.31. The number of hydrogen-bond acceptors (Lipinski definition) is 7. The topological polar surface area (TPSA) is 105 Å². The number of carbonyl (C=O) groups excluding carboxylic acids is 4. The van der Waals surface area contributed by atoms with Crippen LogP contribution >= 0.6 is 23.2 Å².